The highest BCUT2D eigenvalue weighted by atomic mass is 19.1. The van der Waals surface area contributed by atoms with Gasteiger partial charge in [0, 0.05) is 18.7 Å². The standard InChI is InChI=1S/C18H22FN3O3/c1-17(2,3)25-16(24)22-10-8-18(9-11-22)15(23)20-14(21-18)12-4-6-13(19)7-5-12/h4-7H,8-11H2,1-3H3,(H,20,21,23). The minimum absolute atomic E-state index is 0.171. The average molecular weight is 347 g/mol. The fraction of sp³-hybridized carbons (Fsp3) is 0.500. The number of rotatable bonds is 1. The van der Waals surface area contributed by atoms with Gasteiger partial charge in [-0.1, -0.05) is 0 Å². The van der Waals surface area contributed by atoms with Gasteiger partial charge in [-0.15, -0.1) is 0 Å². The van der Waals surface area contributed by atoms with Gasteiger partial charge in [-0.2, -0.15) is 0 Å². The van der Waals surface area contributed by atoms with E-state index in [4.69, 9.17) is 4.74 Å². The number of piperidine rings is 1. The molecule has 1 aromatic rings. The maximum atomic E-state index is 13.1. The van der Waals surface area contributed by atoms with E-state index in [2.05, 4.69) is 10.3 Å². The van der Waals surface area contributed by atoms with Crippen molar-refractivity contribution in [1.82, 2.24) is 10.2 Å². The molecule has 0 radical (unpaired) electrons. The van der Waals surface area contributed by atoms with Crippen molar-refractivity contribution in [1.29, 1.82) is 0 Å². The molecular formula is C18H22FN3O3. The summed E-state index contributed by atoms with van der Waals surface area (Å²) in [5.74, 6) is -0.0552. The van der Waals surface area contributed by atoms with Gasteiger partial charge in [0.1, 0.15) is 22.8 Å². The van der Waals surface area contributed by atoms with Crippen molar-refractivity contribution < 1.29 is 18.7 Å². The van der Waals surface area contributed by atoms with Crippen molar-refractivity contribution in [2.45, 2.75) is 44.8 Å². The Morgan fingerprint density at radius 1 is 1.24 bits per heavy atom. The Morgan fingerprint density at radius 3 is 2.40 bits per heavy atom. The Bertz CT molecular complexity index is 714. The van der Waals surface area contributed by atoms with Crippen molar-refractivity contribution in [3.8, 4) is 0 Å². The monoisotopic (exact) mass is 347 g/mol. The van der Waals surface area contributed by atoms with E-state index in [-0.39, 0.29) is 17.8 Å². The van der Waals surface area contributed by atoms with Crippen LogP contribution in [0.2, 0.25) is 0 Å². The maximum absolute atomic E-state index is 13.1. The molecule has 6 nitrogen and oxygen atoms in total. The highest BCUT2D eigenvalue weighted by Gasteiger charge is 2.47. The first-order chi connectivity index (χ1) is 11.7. The van der Waals surface area contributed by atoms with Gasteiger partial charge in [0.15, 0.2) is 0 Å². The molecule has 0 unspecified atom stereocenters. The molecule has 1 fully saturated rings. The molecule has 1 N–H and O–H groups in total. The molecule has 0 atom stereocenters. The molecule has 0 bridgehead atoms. The van der Waals surface area contributed by atoms with Crippen molar-refractivity contribution in [2.75, 3.05) is 13.1 Å². The Kier molecular flexibility index (Phi) is 4.26. The number of carbonyl (C=O) groups excluding carboxylic acids is 2. The van der Waals surface area contributed by atoms with Gasteiger partial charge in [-0.05, 0) is 57.9 Å². The molecule has 2 aliphatic rings. The van der Waals surface area contributed by atoms with Gasteiger partial charge in [0.25, 0.3) is 5.91 Å². The van der Waals surface area contributed by atoms with E-state index in [1.54, 1.807) is 17.0 Å². The van der Waals surface area contributed by atoms with Crippen molar-refractivity contribution in [2.24, 2.45) is 4.99 Å². The zero-order valence-electron chi connectivity index (χ0n) is 14.6. The summed E-state index contributed by atoms with van der Waals surface area (Å²) in [6.45, 7) is 6.27. The zero-order chi connectivity index (χ0) is 18.2. The minimum Gasteiger partial charge on any atom is -0.444 e. The molecule has 134 valence electrons. The normalized spacial score (nSPS) is 19.6. The second-order valence-corrected chi connectivity index (χ2v) is 7.42. The van der Waals surface area contributed by atoms with Crippen LogP contribution in [0, 0.1) is 5.82 Å². The number of carbonyl (C=O) groups is 2. The number of hydrogen-bond acceptors (Lipinski definition) is 4. The molecule has 1 saturated heterocycles. The van der Waals surface area contributed by atoms with Crippen LogP contribution < -0.4 is 5.32 Å². The van der Waals surface area contributed by atoms with E-state index in [0.717, 1.165) is 0 Å². The Hall–Kier alpha value is -2.44. The number of likely N-dealkylation sites (tertiary alicyclic amines) is 1. The molecule has 2 amide bonds. The molecule has 0 aliphatic carbocycles. The van der Waals surface area contributed by atoms with Crippen molar-refractivity contribution >= 4 is 17.8 Å². The fourth-order valence-corrected chi connectivity index (χ4v) is 2.99. The first-order valence-electron chi connectivity index (χ1n) is 8.34. The number of ether oxygens (including phenoxy) is 1. The molecule has 1 aromatic carbocycles. The van der Waals surface area contributed by atoms with Crippen molar-refractivity contribution in [3.63, 3.8) is 0 Å². The lowest BCUT2D eigenvalue weighted by Crippen LogP contribution is -2.51. The van der Waals surface area contributed by atoms with Crippen LogP contribution in [0.5, 0.6) is 0 Å². The largest absolute Gasteiger partial charge is 0.444 e. The Morgan fingerprint density at radius 2 is 1.84 bits per heavy atom. The van der Waals surface area contributed by atoms with Gasteiger partial charge in [-0.3, -0.25) is 9.79 Å². The fourth-order valence-electron chi connectivity index (χ4n) is 2.99. The third kappa shape index (κ3) is 3.65. The van der Waals surface area contributed by atoms with Gasteiger partial charge in [-0.25, -0.2) is 9.18 Å². The summed E-state index contributed by atoms with van der Waals surface area (Å²) in [4.78, 5) is 30.8. The predicted molar refractivity (Wildman–Crippen MR) is 90.9 cm³/mol. The molecule has 3 rings (SSSR count). The summed E-state index contributed by atoms with van der Waals surface area (Å²) < 4.78 is 18.4. The number of nitrogens with one attached hydrogen (secondary N) is 1. The van der Waals surface area contributed by atoms with E-state index >= 15 is 0 Å². The highest BCUT2D eigenvalue weighted by Crippen LogP contribution is 2.31. The van der Waals surface area contributed by atoms with Crippen LogP contribution >= 0.6 is 0 Å². The lowest BCUT2D eigenvalue weighted by molar-refractivity contribution is -0.125. The summed E-state index contributed by atoms with van der Waals surface area (Å²) >= 11 is 0. The summed E-state index contributed by atoms with van der Waals surface area (Å²) in [7, 11) is 0. The number of amides is 2. The van der Waals surface area contributed by atoms with E-state index in [0.29, 0.717) is 37.3 Å². The third-order valence-corrected chi connectivity index (χ3v) is 4.34. The molecule has 25 heavy (non-hydrogen) atoms. The summed E-state index contributed by atoms with van der Waals surface area (Å²) in [5, 5.41) is 2.79. The van der Waals surface area contributed by atoms with E-state index in [9.17, 15) is 14.0 Å². The lowest BCUT2D eigenvalue weighted by Gasteiger charge is -2.36. The van der Waals surface area contributed by atoms with Crippen LogP contribution in [0.25, 0.3) is 0 Å². The van der Waals surface area contributed by atoms with Crippen LogP contribution in [0.4, 0.5) is 9.18 Å². The maximum Gasteiger partial charge on any atom is 0.410 e. The van der Waals surface area contributed by atoms with Gasteiger partial charge < -0.3 is 15.0 Å². The van der Waals surface area contributed by atoms with Crippen LogP contribution in [0.1, 0.15) is 39.2 Å². The molecule has 1 spiro atoms. The first-order valence-corrected chi connectivity index (χ1v) is 8.34. The molecule has 7 heteroatoms. The second-order valence-electron chi connectivity index (χ2n) is 7.42. The van der Waals surface area contributed by atoms with Gasteiger partial charge in [0.2, 0.25) is 0 Å². The smallest absolute Gasteiger partial charge is 0.410 e. The van der Waals surface area contributed by atoms with Crippen LogP contribution in [-0.2, 0) is 9.53 Å². The molecule has 2 aliphatic heterocycles. The van der Waals surface area contributed by atoms with Crippen LogP contribution in [-0.4, -0.2) is 47.0 Å². The number of benzene rings is 1. The minimum atomic E-state index is -0.859. The number of aliphatic imine (C=N–C) groups is 1. The summed E-state index contributed by atoms with van der Waals surface area (Å²) in [5.41, 5.74) is -0.742. The highest BCUT2D eigenvalue weighted by molar-refractivity contribution is 6.15. The van der Waals surface area contributed by atoms with E-state index in [1.807, 2.05) is 20.8 Å². The molecule has 0 aromatic heterocycles. The Balaban J connectivity index is 1.70. The Labute approximate surface area is 146 Å². The van der Waals surface area contributed by atoms with E-state index < -0.39 is 11.1 Å². The van der Waals surface area contributed by atoms with E-state index in [1.165, 1.54) is 12.1 Å². The van der Waals surface area contributed by atoms with Gasteiger partial charge in [0.05, 0.1) is 0 Å². The molecule has 0 saturated carbocycles. The predicted octanol–water partition coefficient (Wildman–Crippen LogP) is 2.47. The summed E-state index contributed by atoms with van der Waals surface area (Å²) in [6, 6.07) is 5.84. The first kappa shape index (κ1) is 17.4. The van der Waals surface area contributed by atoms with Crippen LogP contribution in [0.3, 0.4) is 0 Å². The topological polar surface area (TPSA) is 71.0 Å². The zero-order valence-corrected chi connectivity index (χ0v) is 14.6. The SMILES string of the molecule is CC(C)(C)OC(=O)N1CCC2(CC1)N=C(c1ccc(F)cc1)NC2=O. The van der Waals surface area contributed by atoms with Crippen molar-refractivity contribution in [3.05, 3.63) is 35.6 Å². The average Bonchev–Trinajstić information content (AvgIpc) is 2.84. The lowest BCUT2D eigenvalue weighted by atomic mass is 9.88. The second kappa shape index (κ2) is 6.13. The number of hydrogen-bond donors (Lipinski definition) is 1. The van der Waals surface area contributed by atoms with Crippen LogP contribution in [0.15, 0.2) is 29.3 Å². The quantitative estimate of drug-likeness (QED) is 0.848. The third-order valence-electron chi connectivity index (χ3n) is 4.34. The number of nitrogens with zero attached hydrogens (tertiary/aromatic N) is 2. The summed E-state index contributed by atoms with van der Waals surface area (Å²) in [6.07, 6.45) is 0.495. The molecular weight excluding hydrogens is 325 g/mol. The van der Waals surface area contributed by atoms with Gasteiger partial charge >= 0.3 is 6.09 Å². The molecule has 2 heterocycles. The number of halogens is 1. The number of amidine groups is 1.